The molecule has 0 atom stereocenters. The second kappa shape index (κ2) is 5.26. The highest BCUT2D eigenvalue weighted by Crippen LogP contribution is 2.28. The number of hydrogen-bond donors (Lipinski definition) is 1. The Labute approximate surface area is 125 Å². The fourth-order valence-corrected chi connectivity index (χ4v) is 2.98. The monoisotopic (exact) mass is 300 g/mol. The van der Waals surface area contributed by atoms with Crippen LogP contribution in [-0.4, -0.2) is 10.9 Å². The van der Waals surface area contributed by atoms with E-state index in [1.54, 1.807) is 19.1 Å². The van der Waals surface area contributed by atoms with Gasteiger partial charge in [0.2, 0.25) is 0 Å². The molecule has 1 N–H and O–H groups in total. The van der Waals surface area contributed by atoms with E-state index in [-0.39, 0.29) is 17.3 Å². The summed E-state index contributed by atoms with van der Waals surface area (Å²) < 4.78 is 14.5. The maximum Gasteiger partial charge on any atom is 0.257 e. The second-order valence-electron chi connectivity index (χ2n) is 4.86. The number of carbonyl (C=O) groups excluding carboxylic acids is 1. The van der Waals surface area contributed by atoms with Crippen LogP contribution in [-0.2, 0) is 0 Å². The number of fused-ring (bicyclic) bond motifs is 1. The first-order chi connectivity index (χ1) is 10.0. The van der Waals surface area contributed by atoms with Crippen molar-refractivity contribution in [2.75, 3.05) is 5.32 Å². The maximum absolute atomic E-state index is 13.5. The number of hydrogen-bond acceptors (Lipinski definition) is 3. The first kappa shape index (κ1) is 13.7. The molecule has 0 unspecified atom stereocenters. The number of rotatable bonds is 2. The third-order valence-corrected chi connectivity index (χ3v) is 4.21. The highest BCUT2D eigenvalue weighted by molar-refractivity contribution is 7.22. The number of aryl methyl sites for hydroxylation is 2. The molecular formula is C16H13FN2OS. The number of aromatic nitrogens is 1. The fourth-order valence-electron chi connectivity index (χ4n) is 2.04. The van der Waals surface area contributed by atoms with E-state index < -0.39 is 0 Å². The lowest BCUT2D eigenvalue weighted by atomic mass is 10.1. The Kier molecular flexibility index (Phi) is 3.43. The third kappa shape index (κ3) is 2.64. The van der Waals surface area contributed by atoms with Crippen molar-refractivity contribution in [2.45, 2.75) is 13.8 Å². The van der Waals surface area contributed by atoms with Crippen LogP contribution in [0.1, 0.15) is 21.5 Å². The quantitative estimate of drug-likeness (QED) is 0.766. The Hall–Kier alpha value is -2.27. The minimum atomic E-state index is -0.386. The van der Waals surface area contributed by atoms with E-state index in [9.17, 15) is 9.18 Å². The van der Waals surface area contributed by atoms with E-state index in [2.05, 4.69) is 10.3 Å². The third-order valence-electron chi connectivity index (χ3n) is 3.28. The zero-order chi connectivity index (χ0) is 15.0. The second-order valence-corrected chi connectivity index (χ2v) is 5.89. The van der Waals surface area contributed by atoms with E-state index in [1.807, 2.05) is 25.1 Å². The number of thiazole rings is 1. The molecule has 0 aliphatic rings. The molecule has 0 bridgehead atoms. The van der Waals surface area contributed by atoms with Crippen LogP contribution < -0.4 is 5.32 Å². The lowest BCUT2D eigenvalue weighted by Crippen LogP contribution is -2.12. The normalized spacial score (nSPS) is 10.8. The number of anilines is 1. The van der Waals surface area contributed by atoms with Gasteiger partial charge in [-0.15, -0.1) is 0 Å². The highest BCUT2D eigenvalue weighted by atomic mass is 32.1. The van der Waals surface area contributed by atoms with Gasteiger partial charge in [-0.25, -0.2) is 9.37 Å². The molecule has 0 aliphatic carbocycles. The van der Waals surface area contributed by atoms with E-state index in [0.29, 0.717) is 10.7 Å². The van der Waals surface area contributed by atoms with Gasteiger partial charge >= 0.3 is 0 Å². The summed E-state index contributed by atoms with van der Waals surface area (Å²) in [7, 11) is 0. The summed E-state index contributed by atoms with van der Waals surface area (Å²) in [6.07, 6.45) is 0. The van der Waals surface area contributed by atoms with Crippen LogP contribution in [0.4, 0.5) is 9.52 Å². The standard InChI is InChI=1S/C16H13FN2OS/c1-9-6-7-11(8-12(9)17)15(20)19-16-18-14-10(2)4-3-5-13(14)21-16/h3-8H,1-2H3,(H,18,19,20). The van der Waals surface area contributed by atoms with Crippen LogP contribution >= 0.6 is 11.3 Å². The predicted molar refractivity (Wildman–Crippen MR) is 83.4 cm³/mol. The number of carbonyl (C=O) groups is 1. The summed E-state index contributed by atoms with van der Waals surface area (Å²) in [5, 5.41) is 3.24. The van der Waals surface area contributed by atoms with Crippen LogP contribution in [0.15, 0.2) is 36.4 Å². The van der Waals surface area contributed by atoms with Gasteiger partial charge in [0.05, 0.1) is 10.2 Å². The molecule has 0 saturated carbocycles. The zero-order valence-corrected chi connectivity index (χ0v) is 12.4. The molecule has 106 valence electrons. The molecule has 0 radical (unpaired) electrons. The average molecular weight is 300 g/mol. The molecule has 2 aromatic carbocycles. The molecule has 0 saturated heterocycles. The summed E-state index contributed by atoms with van der Waals surface area (Å²) in [6, 6.07) is 10.3. The summed E-state index contributed by atoms with van der Waals surface area (Å²) in [4.78, 5) is 16.5. The zero-order valence-electron chi connectivity index (χ0n) is 11.6. The predicted octanol–water partition coefficient (Wildman–Crippen LogP) is 4.30. The lowest BCUT2D eigenvalue weighted by Gasteiger charge is -2.03. The average Bonchev–Trinajstić information content (AvgIpc) is 2.86. The van der Waals surface area contributed by atoms with Crippen molar-refractivity contribution in [1.29, 1.82) is 0 Å². The molecule has 1 amide bonds. The molecule has 21 heavy (non-hydrogen) atoms. The fraction of sp³-hybridized carbons (Fsp3) is 0.125. The number of nitrogens with one attached hydrogen (secondary N) is 1. The van der Waals surface area contributed by atoms with Crippen LogP contribution in [0.25, 0.3) is 10.2 Å². The van der Waals surface area contributed by atoms with Gasteiger partial charge in [-0.05, 0) is 43.2 Å². The topological polar surface area (TPSA) is 42.0 Å². The molecular weight excluding hydrogens is 287 g/mol. The Balaban J connectivity index is 1.89. The van der Waals surface area contributed by atoms with Crippen molar-refractivity contribution in [3.05, 3.63) is 58.9 Å². The molecule has 1 aromatic heterocycles. The first-order valence-electron chi connectivity index (χ1n) is 6.48. The first-order valence-corrected chi connectivity index (χ1v) is 7.30. The van der Waals surface area contributed by atoms with Crippen LogP contribution in [0.2, 0.25) is 0 Å². The van der Waals surface area contributed by atoms with Crippen molar-refractivity contribution in [3.63, 3.8) is 0 Å². The van der Waals surface area contributed by atoms with Gasteiger partial charge in [0, 0.05) is 5.56 Å². The van der Waals surface area contributed by atoms with Gasteiger partial charge in [0.15, 0.2) is 5.13 Å². The Morgan fingerprint density at radius 3 is 2.71 bits per heavy atom. The molecule has 3 nitrogen and oxygen atoms in total. The van der Waals surface area contributed by atoms with Crippen LogP contribution in [0.5, 0.6) is 0 Å². The summed E-state index contributed by atoms with van der Waals surface area (Å²) in [6.45, 7) is 3.64. The highest BCUT2D eigenvalue weighted by Gasteiger charge is 2.12. The van der Waals surface area contributed by atoms with E-state index in [0.717, 1.165) is 15.8 Å². The number of halogens is 1. The smallest absolute Gasteiger partial charge is 0.257 e. The summed E-state index contributed by atoms with van der Waals surface area (Å²) >= 11 is 1.40. The summed E-state index contributed by atoms with van der Waals surface area (Å²) in [5.74, 6) is -0.742. The number of amides is 1. The Bertz CT molecular complexity index is 841. The van der Waals surface area contributed by atoms with E-state index in [4.69, 9.17) is 0 Å². The molecule has 3 rings (SSSR count). The maximum atomic E-state index is 13.5. The van der Waals surface area contributed by atoms with Crippen molar-refractivity contribution in [1.82, 2.24) is 4.98 Å². The van der Waals surface area contributed by atoms with Crippen molar-refractivity contribution in [2.24, 2.45) is 0 Å². The van der Waals surface area contributed by atoms with Crippen LogP contribution in [0, 0.1) is 19.7 Å². The van der Waals surface area contributed by atoms with E-state index in [1.165, 1.54) is 17.4 Å². The molecule has 0 aliphatic heterocycles. The molecule has 5 heteroatoms. The number of nitrogens with zero attached hydrogens (tertiary/aromatic N) is 1. The Morgan fingerprint density at radius 1 is 1.19 bits per heavy atom. The van der Waals surface area contributed by atoms with Gasteiger partial charge in [-0.1, -0.05) is 29.5 Å². The van der Waals surface area contributed by atoms with Gasteiger partial charge in [-0.2, -0.15) is 0 Å². The molecule has 0 fully saturated rings. The molecule has 3 aromatic rings. The van der Waals surface area contributed by atoms with Gasteiger partial charge in [0.1, 0.15) is 5.82 Å². The van der Waals surface area contributed by atoms with E-state index >= 15 is 0 Å². The SMILES string of the molecule is Cc1ccc(C(=O)Nc2nc3c(C)cccc3s2)cc1F. The Morgan fingerprint density at radius 2 is 2.00 bits per heavy atom. The van der Waals surface area contributed by atoms with Gasteiger partial charge in [0.25, 0.3) is 5.91 Å². The largest absolute Gasteiger partial charge is 0.298 e. The number of para-hydroxylation sites is 1. The lowest BCUT2D eigenvalue weighted by molar-refractivity contribution is 0.102. The van der Waals surface area contributed by atoms with Gasteiger partial charge < -0.3 is 0 Å². The number of benzene rings is 2. The minimum absolute atomic E-state index is 0.286. The minimum Gasteiger partial charge on any atom is -0.298 e. The van der Waals surface area contributed by atoms with Crippen molar-refractivity contribution < 1.29 is 9.18 Å². The van der Waals surface area contributed by atoms with Gasteiger partial charge in [-0.3, -0.25) is 10.1 Å². The van der Waals surface area contributed by atoms with Crippen LogP contribution in [0.3, 0.4) is 0 Å². The molecule has 1 heterocycles. The summed E-state index contributed by atoms with van der Waals surface area (Å²) in [5.41, 5.74) is 2.75. The molecule has 0 spiro atoms. The van der Waals surface area contributed by atoms with Crippen molar-refractivity contribution >= 4 is 32.6 Å². The van der Waals surface area contributed by atoms with Crippen molar-refractivity contribution in [3.8, 4) is 0 Å².